The molecule has 4 rings (SSSR count). The second-order valence-corrected chi connectivity index (χ2v) is 10.4. The number of hydrogen-bond acceptors (Lipinski definition) is 4. The van der Waals surface area contributed by atoms with E-state index in [1.165, 1.54) is 4.90 Å². The molecule has 2 aromatic rings. The Kier molecular flexibility index (Phi) is 5.87. The van der Waals surface area contributed by atoms with Crippen molar-refractivity contribution in [1.29, 1.82) is 0 Å². The smallest absolute Gasteiger partial charge is 0.270 e. The summed E-state index contributed by atoms with van der Waals surface area (Å²) in [6, 6.07) is 9.59. The Labute approximate surface area is 205 Å². The van der Waals surface area contributed by atoms with Crippen molar-refractivity contribution in [3.8, 4) is 0 Å². The molecule has 0 aliphatic carbocycles. The quantitative estimate of drug-likeness (QED) is 0.349. The number of nitrogens with one attached hydrogen (secondary N) is 1. The van der Waals surface area contributed by atoms with Crippen LogP contribution in [0.5, 0.6) is 0 Å². The zero-order chi connectivity index (χ0) is 24.2. The van der Waals surface area contributed by atoms with Gasteiger partial charge in [-0.05, 0) is 98.8 Å². The first-order valence-corrected chi connectivity index (χ1v) is 11.8. The van der Waals surface area contributed by atoms with Gasteiger partial charge in [-0.25, -0.2) is 0 Å². The highest BCUT2D eigenvalue weighted by molar-refractivity contribution is 7.80. The van der Waals surface area contributed by atoms with Crippen molar-refractivity contribution in [2.24, 2.45) is 0 Å². The lowest BCUT2D eigenvalue weighted by molar-refractivity contribution is -0.122. The zero-order valence-electron chi connectivity index (χ0n) is 19.7. The highest BCUT2D eigenvalue weighted by Crippen LogP contribution is 2.44. The van der Waals surface area contributed by atoms with Crippen molar-refractivity contribution in [3.63, 3.8) is 0 Å². The first-order valence-electron chi connectivity index (χ1n) is 11.0. The molecule has 2 aromatic carbocycles. The van der Waals surface area contributed by atoms with E-state index >= 15 is 0 Å². The fourth-order valence-electron chi connectivity index (χ4n) is 4.72. The van der Waals surface area contributed by atoms with Gasteiger partial charge in [-0.1, -0.05) is 30.7 Å². The molecule has 33 heavy (non-hydrogen) atoms. The van der Waals surface area contributed by atoms with Gasteiger partial charge in [0.05, 0.1) is 5.69 Å². The van der Waals surface area contributed by atoms with Crippen LogP contribution in [-0.4, -0.2) is 29.5 Å². The molecule has 0 saturated carbocycles. The molecule has 172 valence electrons. The number of carbonyl (C=O) groups excluding carboxylic acids is 2. The van der Waals surface area contributed by atoms with Crippen LogP contribution in [0.2, 0.25) is 5.02 Å². The largest absolute Gasteiger partial charge is 0.369 e. The highest BCUT2D eigenvalue weighted by Gasteiger charge is 2.37. The molecule has 1 N–H and O–H groups in total. The Morgan fingerprint density at radius 2 is 1.88 bits per heavy atom. The van der Waals surface area contributed by atoms with Crippen molar-refractivity contribution < 1.29 is 9.59 Å². The first kappa shape index (κ1) is 23.5. The van der Waals surface area contributed by atoms with Gasteiger partial charge >= 0.3 is 0 Å². The van der Waals surface area contributed by atoms with Crippen LogP contribution in [0.3, 0.4) is 0 Å². The van der Waals surface area contributed by atoms with Crippen LogP contribution >= 0.6 is 23.8 Å². The van der Waals surface area contributed by atoms with Crippen LogP contribution in [0.15, 0.2) is 35.9 Å². The maximum absolute atomic E-state index is 13.5. The van der Waals surface area contributed by atoms with Gasteiger partial charge in [0, 0.05) is 23.3 Å². The molecule has 7 heteroatoms. The number of thiocarbonyl (C=S) groups is 1. The highest BCUT2D eigenvalue weighted by atomic mass is 35.5. The lowest BCUT2D eigenvalue weighted by Gasteiger charge is -2.45. The van der Waals surface area contributed by atoms with E-state index in [4.69, 9.17) is 23.8 Å². The van der Waals surface area contributed by atoms with E-state index in [-0.39, 0.29) is 16.2 Å². The minimum absolute atomic E-state index is 0.00324. The molecule has 0 bridgehead atoms. The molecule has 2 aliphatic heterocycles. The Morgan fingerprint density at radius 1 is 1.18 bits per heavy atom. The first-order chi connectivity index (χ1) is 15.4. The number of amides is 2. The minimum Gasteiger partial charge on any atom is -0.369 e. The normalized spacial score (nSPS) is 21.4. The van der Waals surface area contributed by atoms with Crippen LogP contribution in [0.4, 0.5) is 11.4 Å². The fraction of sp³-hybridized carbons (Fsp3) is 0.346. The number of aryl methyl sites for hydroxylation is 1. The van der Waals surface area contributed by atoms with Crippen molar-refractivity contribution in [2.75, 3.05) is 16.8 Å². The number of hydrogen-bond donors (Lipinski definition) is 1. The van der Waals surface area contributed by atoms with Gasteiger partial charge in [0.2, 0.25) is 0 Å². The third-order valence-corrected chi connectivity index (χ3v) is 7.58. The van der Waals surface area contributed by atoms with Gasteiger partial charge < -0.3 is 4.90 Å². The van der Waals surface area contributed by atoms with E-state index in [0.717, 1.165) is 28.8 Å². The summed E-state index contributed by atoms with van der Waals surface area (Å²) in [5.41, 5.74) is 5.49. The van der Waals surface area contributed by atoms with Crippen LogP contribution in [0, 0.1) is 13.8 Å². The number of carbonyl (C=O) groups is 2. The molecule has 0 unspecified atom stereocenters. The SMILES string of the molecule is Cc1cccc(N2C(=O)/C(=C/c3cc4c(cc3Cl)N(C)C(C)(C)C[C@@H]4C)C(=O)NC2=S)c1C. The summed E-state index contributed by atoms with van der Waals surface area (Å²) in [6.07, 6.45) is 2.56. The molecule has 0 spiro atoms. The van der Waals surface area contributed by atoms with Crippen LogP contribution in [0.1, 0.15) is 55.4 Å². The molecule has 2 amide bonds. The number of rotatable bonds is 2. The zero-order valence-corrected chi connectivity index (χ0v) is 21.3. The summed E-state index contributed by atoms with van der Waals surface area (Å²) in [6.45, 7) is 10.5. The lowest BCUT2D eigenvalue weighted by atomic mass is 9.80. The molecule has 5 nitrogen and oxygen atoms in total. The van der Waals surface area contributed by atoms with Crippen LogP contribution in [-0.2, 0) is 9.59 Å². The summed E-state index contributed by atoms with van der Waals surface area (Å²) < 4.78 is 0. The number of halogens is 1. The number of benzene rings is 2. The molecule has 1 saturated heterocycles. The second-order valence-electron chi connectivity index (χ2n) is 9.59. The van der Waals surface area contributed by atoms with Gasteiger partial charge in [0.15, 0.2) is 5.11 Å². The Balaban J connectivity index is 1.79. The maximum atomic E-state index is 13.5. The predicted octanol–water partition coefficient (Wildman–Crippen LogP) is 5.51. The van der Waals surface area contributed by atoms with Crippen molar-refractivity contribution in [2.45, 2.75) is 52.5 Å². The van der Waals surface area contributed by atoms with Gasteiger partial charge in [0.25, 0.3) is 11.8 Å². The average Bonchev–Trinajstić information content (AvgIpc) is 2.72. The predicted molar refractivity (Wildman–Crippen MR) is 139 cm³/mol. The summed E-state index contributed by atoms with van der Waals surface area (Å²) in [5, 5.41) is 3.23. The average molecular weight is 482 g/mol. The number of fused-ring (bicyclic) bond motifs is 1. The molecule has 1 atom stereocenters. The van der Waals surface area contributed by atoms with Crippen LogP contribution in [0.25, 0.3) is 6.08 Å². The Bertz CT molecular complexity index is 1230. The van der Waals surface area contributed by atoms with E-state index in [1.807, 2.05) is 44.2 Å². The van der Waals surface area contributed by atoms with E-state index in [1.54, 1.807) is 6.08 Å². The molecule has 0 radical (unpaired) electrons. The van der Waals surface area contributed by atoms with Gasteiger partial charge in [0.1, 0.15) is 5.57 Å². The van der Waals surface area contributed by atoms with E-state index in [2.05, 4.69) is 38.0 Å². The Morgan fingerprint density at radius 3 is 2.58 bits per heavy atom. The van der Waals surface area contributed by atoms with Gasteiger partial charge in [-0.2, -0.15) is 0 Å². The van der Waals surface area contributed by atoms with Crippen molar-refractivity contribution in [3.05, 3.63) is 63.2 Å². The second kappa shape index (κ2) is 8.26. The topological polar surface area (TPSA) is 52.7 Å². The molecule has 0 aromatic heterocycles. The number of anilines is 2. The number of nitrogens with zero attached hydrogens (tertiary/aromatic N) is 2. The van der Waals surface area contributed by atoms with E-state index < -0.39 is 11.8 Å². The fourth-order valence-corrected chi connectivity index (χ4v) is 5.21. The van der Waals surface area contributed by atoms with E-state index in [9.17, 15) is 9.59 Å². The summed E-state index contributed by atoms with van der Waals surface area (Å²) in [5.74, 6) is -0.667. The minimum atomic E-state index is -0.522. The standard InChI is InChI=1S/C26H28ClN3O2S/c1-14-8-7-9-21(16(14)3)30-24(32)19(23(31)28-25(30)33)11-17-10-18-15(2)13-26(4,5)29(6)22(18)12-20(17)27/h7-12,15H,13H2,1-6H3,(H,28,31,33)/b19-11+/t15-/m0/s1. The molecule has 1 fully saturated rings. The third kappa shape index (κ3) is 3.96. The summed E-state index contributed by atoms with van der Waals surface area (Å²) in [7, 11) is 2.07. The van der Waals surface area contributed by atoms with E-state index in [0.29, 0.717) is 22.2 Å². The molecular formula is C26H28ClN3O2S. The maximum Gasteiger partial charge on any atom is 0.270 e. The third-order valence-electron chi connectivity index (χ3n) is 6.97. The van der Waals surface area contributed by atoms with Crippen molar-refractivity contribution >= 4 is 58.2 Å². The molecule has 2 aliphatic rings. The molecular weight excluding hydrogens is 454 g/mol. The van der Waals surface area contributed by atoms with Crippen LogP contribution < -0.4 is 15.1 Å². The Hall–Kier alpha value is -2.70. The summed E-state index contributed by atoms with van der Waals surface area (Å²) >= 11 is 12.0. The van der Waals surface area contributed by atoms with Gasteiger partial charge in [-0.15, -0.1) is 0 Å². The monoisotopic (exact) mass is 481 g/mol. The lowest BCUT2D eigenvalue weighted by Crippen LogP contribution is -2.54. The summed E-state index contributed by atoms with van der Waals surface area (Å²) in [4.78, 5) is 29.9. The molecule has 2 heterocycles. The van der Waals surface area contributed by atoms with Crippen molar-refractivity contribution in [1.82, 2.24) is 5.32 Å². The van der Waals surface area contributed by atoms with Gasteiger partial charge in [-0.3, -0.25) is 19.8 Å².